The minimum atomic E-state index is 0.516. The minimum absolute atomic E-state index is 0.516. The molecule has 0 fully saturated rings. The summed E-state index contributed by atoms with van der Waals surface area (Å²) in [5.74, 6) is 0.915. The lowest BCUT2D eigenvalue weighted by atomic mass is 10.3. The van der Waals surface area contributed by atoms with Gasteiger partial charge in [0.15, 0.2) is 0 Å². The summed E-state index contributed by atoms with van der Waals surface area (Å²) in [7, 11) is 0. The number of rotatable bonds is 4. The van der Waals surface area contributed by atoms with E-state index in [0.29, 0.717) is 12.8 Å². The normalized spacial score (nSPS) is 9.67. The van der Waals surface area contributed by atoms with Gasteiger partial charge in [0.05, 0.1) is 6.07 Å². The van der Waals surface area contributed by atoms with Crippen LogP contribution >= 0.6 is 0 Å². The van der Waals surface area contributed by atoms with E-state index in [2.05, 4.69) is 23.1 Å². The van der Waals surface area contributed by atoms with Gasteiger partial charge >= 0.3 is 0 Å². The van der Waals surface area contributed by atoms with Gasteiger partial charge in [-0.05, 0) is 6.42 Å². The van der Waals surface area contributed by atoms with Crippen molar-refractivity contribution in [1.82, 2.24) is 14.8 Å². The van der Waals surface area contributed by atoms with Crippen molar-refractivity contribution in [3.05, 3.63) is 12.2 Å². The average molecular weight is 164 g/mol. The summed E-state index contributed by atoms with van der Waals surface area (Å²) < 4.78 is 1.86. The number of aryl methyl sites for hydroxylation is 2. The third-order valence-corrected chi connectivity index (χ3v) is 1.59. The lowest BCUT2D eigenvalue weighted by Gasteiger charge is -2.00. The number of nitriles is 1. The monoisotopic (exact) mass is 164 g/mol. The Labute approximate surface area is 71.8 Å². The van der Waals surface area contributed by atoms with Crippen molar-refractivity contribution >= 4 is 0 Å². The number of aromatic nitrogens is 3. The van der Waals surface area contributed by atoms with Crippen LogP contribution < -0.4 is 0 Å². The Bertz CT molecular complexity index is 271. The van der Waals surface area contributed by atoms with E-state index in [4.69, 9.17) is 5.26 Å². The Balaban J connectivity index is 2.58. The van der Waals surface area contributed by atoms with E-state index in [-0.39, 0.29) is 0 Å². The summed E-state index contributed by atoms with van der Waals surface area (Å²) in [5, 5.41) is 12.4. The summed E-state index contributed by atoms with van der Waals surface area (Å²) in [6.45, 7) is 2.98. The molecule has 1 aromatic rings. The van der Waals surface area contributed by atoms with E-state index in [9.17, 15) is 0 Å². The van der Waals surface area contributed by atoms with E-state index in [1.54, 1.807) is 6.33 Å². The standard InChI is InChI=1S/C8H12N4/c1-2-6-12-8(4-3-5-9)10-7-11-12/h7H,2-4,6H2,1H3. The molecule has 1 aromatic heterocycles. The van der Waals surface area contributed by atoms with Crippen molar-refractivity contribution in [1.29, 1.82) is 5.26 Å². The Kier molecular flexibility index (Phi) is 3.27. The fraction of sp³-hybridized carbons (Fsp3) is 0.625. The molecule has 4 heteroatoms. The Morgan fingerprint density at radius 2 is 2.50 bits per heavy atom. The molecule has 0 aliphatic rings. The van der Waals surface area contributed by atoms with Crippen LogP contribution in [0.1, 0.15) is 25.6 Å². The minimum Gasteiger partial charge on any atom is -0.250 e. The summed E-state index contributed by atoms with van der Waals surface area (Å²) in [4.78, 5) is 4.07. The van der Waals surface area contributed by atoms with Crippen LogP contribution in [0.4, 0.5) is 0 Å². The molecule has 12 heavy (non-hydrogen) atoms. The van der Waals surface area contributed by atoms with Gasteiger partial charge in [-0.1, -0.05) is 6.92 Å². The molecule has 0 atom stereocenters. The molecule has 1 rings (SSSR count). The van der Waals surface area contributed by atoms with Crippen molar-refractivity contribution < 1.29 is 0 Å². The second-order valence-electron chi connectivity index (χ2n) is 2.56. The van der Waals surface area contributed by atoms with Crippen molar-refractivity contribution in [3.8, 4) is 6.07 Å². The fourth-order valence-electron chi connectivity index (χ4n) is 1.05. The molecule has 0 spiro atoms. The smallest absolute Gasteiger partial charge is 0.138 e. The highest BCUT2D eigenvalue weighted by atomic mass is 15.3. The first-order valence-electron chi connectivity index (χ1n) is 4.12. The van der Waals surface area contributed by atoms with E-state index < -0.39 is 0 Å². The van der Waals surface area contributed by atoms with Gasteiger partial charge in [-0.2, -0.15) is 10.4 Å². The highest BCUT2D eigenvalue weighted by Gasteiger charge is 2.01. The number of hydrogen-bond donors (Lipinski definition) is 0. The van der Waals surface area contributed by atoms with Crippen LogP contribution in [0.15, 0.2) is 6.33 Å². The first-order chi connectivity index (χ1) is 5.88. The first kappa shape index (κ1) is 8.72. The molecular formula is C8H12N4. The fourth-order valence-corrected chi connectivity index (χ4v) is 1.05. The largest absolute Gasteiger partial charge is 0.250 e. The molecule has 0 aliphatic heterocycles. The molecule has 0 aliphatic carbocycles. The lowest BCUT2D eigenvalue weighted by Crippen LogP contribution is -2.04. The van der Waals surface area contributed by atoms with Gasteiger partial charge in [0.2, 0.25) is 0 Å². The SMILES string of the molecule is CCCn1ncnc1CCC#N. The number of nitrogens with zero attached hydrogens (tertiary/aromatic N) is 4. The third kappa shape index (κ3) is 2.06. The molecule has 0 saturated carbocycles. The van der Waals surface area contributed by atoms with Gasteiger partial charge in [0, 0.05) is 19.4 Å². The van der Waals surface area contributed by atoms with Crippen LogP contribution in [0.5, 0.6) is 0 Å². The van der Waals surface area contributed by atoms with Crippen molar-refractivity contribution in [2.75, 3.05) is 0 Å². The third-order valence-electron chi connectivity index (χ3n) is 1.59. The van der Waals surface area contributed by atoms with Gasteiger partial charge in [0.25, 0.3) is 0 Å². The Hall–Kier alpha value is -1.37. The van der Waals surface area contributed by atoms with E-state index in [1.165, 1.54) is 0 Å². The van der Waals surface area contributed by atoms with Gasteiger partial charge in [-0.3, -0.25) is 4.68 Å². The molecule has 0 N–H and O–H groups in total. The van der Waals surface area contributed by atoms with Crippen molar-refractivity contribution in [3.63, 3.8) is 0 Å². The lowest BCUT2D eigenvalue weighted by molar-refractivity contribution is 0.569. The molecule has 0 saturated heterocycles. The Morgan fingerprint density at radius 3 is 3.17 bits per heavy atom. The molecule has 0 radical (unpaired) electrons. The summed E-state index contributed by atoms with van der Waals surface area (Å²) in [6, 6.07) is 2.09. The summed E-state index contributed by atoms with van der Waals surface area (Å²) in [5.41, 5.74) is 0. The maximum absolute atomic E-state index is 8.38. The van der Waals surface area contributed by atoms with Gasteiger partial charge in [-0.25, -0.2) is 4.98 Å². The van der Waals surface area contributed by atoms with E-state index >= 15 is 0 Å². The quantitative estimate of drug-likeness (QED) is 0.670. The predicted molar refractivity (Wildman–Crippen MR) is 44.2 cm³/mol. The molecule has 0 amide bonds. The van der Waals surface area contributed by atoms with Crippen LogP contribution in [-0.4, -0.2) is 14.8 Å². The molecule has 1 heterocycles. The van der Waals surface area contributed by atoms with Crippen LogP contribution in [-0.2, 0) is 13.0 Å². The van der Waals surface area contributed by atoms with Crippen LogP contribution in [0.3, 0.4) is 0 Å². The molecule has 64 valence electrons. The first-order valence-corrected chi connectivity index (χ1v) is 4.12. The van der Waals surface area contributed by atoms with Gasteiger partial charge in [-0.15, -0.1) is 0 Å². The van der Waals surface area contributed by atoms with Crippen molar-refractivity contribution in [2.45, 2.75) is 32.7 Å². The topological polar surface area (TPSA) is 54.5 Å². The van der Waals surface area contributed by atoms with Crippen LogP contribution in [0, 0.1) is 11.3 Å². The second-order valence-corrected chi connectivity index (χ2v) is 2.56. The summed E-state index contributed by atoms with van der Waals surface area (Å²) >= 11 is 0. The Morgan fingerprint density at radius 1 is 1.67 bits per heavy atom. The highest BCUT2D eigenvalue weighted by molar-refractivity contribution is 4.88. The van der Waals surface area contributed by atoms with Crippen LogP contribution in [0.2, 0.25) is 0 Å². The van der Waals surface area contributed by atoms with Crippen LogP contribution in [0.25, 0.3) is 0 Å². The average Bonchev–Trinajstić information content (AvgIpc) is 2.50. The molecule has 0 unspecified atom stereocenters. The molecule has 0 aromatic carbocycles. The summed E-state index contributed by atoms with van der Waals surface area (Å²) in [6.07, 6.45) is 3.81. The van der Waals surface area contributed by atoms with Gasteiger partial charge in [0.1, 0.15) is 12.2 Å². The molecule has 4 nitrogen and oxygen atoms in total. The maximum atomic E-state index is 8.38. The van der Waals surface area contributed by atoms with E-state index in [1.807, 2.05) is 4.68 Å². The zero-order chi connectivity index (χ0) is 8.81. The predicted octanol–water partition coefficient (Wildman–Crippen LogP) is 1.14. The zero-order valence-electron chi connectivity index (χ0n) is 7.19. The molecular weight excluding hydrogens is 152 g/mol. The second kappa shape index (κ2) is 4.50. The maximum Gasteiger partial charge on any atom is 0.138 e. The van der Waals surface area contributed by atoms with Gasteiger partial charge < -0.3 is 0 Å². The van der Waals surface area contributed by atoms with E-state index in [0.717, 1.165) is 18.8 Å². The van der Waals surface area contributed by atoms with Crippen molar-refractivity contribution in [2.24, 2.45) is 0 Å². The zero-order valence-corrected chi connectivity index (χ0v) is 7.19. The highest BCUT2D eigenvalue weighted by Crippen LogP contribution is 1.98. The molecule has 0 bridgehead atoms. The number of hydrogen-bond acceptors (Lipinski definition) is 3.